The minimum atomic E-state index is -0.226. The molecule has 4 rings (SSSR count). The molecule has 7 heteroatoms. The number of pyridine rings is 1. The third-order valence-electron chi connectivity index (χ3n) is 4.86. The van der Waals surface area contributed by atoms with Crippen molar-refractivity contribution in [2.24, 2.45) is 0 Å². The van der Waals surface area contributed by atoms with E-state index in [1.54, 1.807) is 34.2 Å². The summed E-state index contributed by atoms with van der Waals surface area (Å²) in [4.78, 5) is 32.9. The van der Waals surface area contributed by atoms with Crippen LogP contribution in [0, 0.1) is 0 Å². The fraction of sp³-hybridized carbons (Fsp3) is 0.190. The standard InChI is InChI=1S/C21H20N4O3/c26-18-9-2-1-7-16(18)20(27)24-11-13-25(14-12-24)21(28)23-17-8-3-5-15-6-4-10-22-19(15)17/h1-10,26H,11-14H2,(H,23,28). The monoisotopic (exact) mass is 376 g/mol. The number of aromatic hydroxyl groups is 1. The van der Waals surface area contributed by atoms with Gasteiger partial charge < -0.3 is 20.2 Å². The highest BCUT2D eigenvalue weighted by Gasteiger charge is 2.26. The van der Waals surface area contributed by atoms with E-state index in [0.29, 0.717) is 31.9 Å². The molecule has 0 bridgehead atoms. The minimum absolute atomic E-state index is 0.0314. The SMILES string of the molecule is O=C(Nc1cccc2cccnc12)N1CCN(C(=O)c2ccccc2O)CC1. The fourth-order valence-electron chi connectivity index (χ4n) is 3.34. The summed E-state index contributed by atoms with van der Waals surface area (Å²) in [7, 11) is 0. The number of phenols is 1. The molecule has 0 radical (unpaired) electrons. The van der Waals surface area contributed by atoms with Crippen LogP contribution in [0.2, 0.25) is 0 Å². The first-order valence-corrected chi connectivity index (χ1v) is 9.10. The molecule has 1 fully saturated rings. The molecule has 2 N–H and O–H groups in total. The summed E-state index contributed by atoms with van der Waals surface area (Å²) in [5.41, 5.74) is 1.68. The van der Waals surface area contributed by atoms with E-state index in [4.69, 9.17) is 0 Å². The lowest BCUT2D eigenvalue weighted by atomic mass is 10.1. The number of fused-ring (bicyclic) bond motifs is 1. The highest BCUT2D eigenvalue weighted by molar-refractivity contribution is 6.00. The third kappa shape index (κ3) is 3.46. The normalized spacial score (nSPS) is 14.1. The van der Waals surface area contributed by atoms with Crippen molar-refractivity contribution in [3.8, 4) is 5.75 Å². The number of phenolic OH excluding ortho intramolecular Hbond substituents is 1. The maximum absolute atomic E-state index is 12.7. The number of rotatable bonds is 2. The summed E-state index contributed by atoms with van der Waals surface area (Å²) in [5, 5.41) is 13.8. The van der Waals surface area contributed by atoms with Crippen molar-refractivity contribution >= 4 is 28.5 Å². The highest BCUT2D eigenvalue weighted by atomic mass is 16.3. The average molecular weight is 376 g/mol. The first-order chi connectivity index (χ1) is 13.6. The molecule has 0 aliphatic carbocycles. The van der Waals surface area contributed by atoms with Gasteiger partial charge in [0.15, 0.2) is 0 Å². The number of para-hydroxylation sites is 2. The number of benzene rings is 2. The molecule has 3 amide bonds. The molecule has 142 valence electrons. The van der Waals surface area contributed by atoms with Gasteiger partial charge in [0.2, 0.25) is 0 Å². The molecule has 7 nitrogen and oxygen atoms in total. The van der Waals surface area contributed by atoms with Crippen LogP contribution in [0.5, 0.6) is 5.75 Å². The van der Waals surface area contributed by atoms with Crippen LogP contribution in [-0.4, -0.2) is 58.0 Å². The van der Waals surface area contributed by atoms with Crippen molar-refractivity contribution in [1.29, 1.82) is 0 Å². The molecule has 0 spiro atoms. The first kappa shape index (κ1) is 17.8. The van der Waals surface area contributed by atoms with E-state index < -0.39 is 0 Å². The molecule has 28 heavy (non-hydrogen) atoms. The van der Waals surface area contributed by atoms with E-state index in [-0.39, 0.29) is 23.3 Å². The Bertz CT molecular complexity index is 1020. The number of amides is 3. The fourth-order valence-corrected chi connectivity index (χ4v) is 3.34. The quantitative estimate of drug-likeness (QED) is 0.720. The van der Waals surface area contributed by atoms with Gasteiger partial charge in [-0.1, -0.05) is 30.3 Å². The van der Waals surface area contributed by atoms with E-state index in [1.165, 1.54) is 6.07 Å². The van der Waals surface area contributed by atoms with E-state index in [1.807, 2.05) is 30.3 Å². The first-order valence-electron chi connectivity index (χ1n) is 9.10. The molecule has 0 saturated carbocycles. The minimum Gasteiger partial charge on any atom is -0.507 e. The van der Waals surface area contributed by atoms with Gasteiger partial charge in [-0.2, -0.15) is 0 Å². The van der Waals surface area contributed by atoms with E-state index in [0.717, 1.165) is 10.9 Å². The van der Waals surface area contributed by atoms with Crippen molar-refractivity contribution in [2.75, 3.05) is 31.5 Å². The number of carbonyl (C=O) groups is 2. The second-order valence-electron chi connectivity index (χ2n) is 6.61. The van der Waals surface area contributed by atoms with Gasteiger partial charge in [0.25, 0.3) is 5.91 Å². The zero-order chi connectivity index (χ0) is 19.5. The number of anilines is 1. The van der Waals surface area contributed by atoms with Crippen molar-refractivity contribution in [1.82, 2.24) is 14.8 Å². The van der Waals surface area contributed by atoms with Gasteiger partial charge in [0.1, 0.15) is 5.75 Å². The van der Waals surface area contributed by atoms with Crippen LogP contribution in [0.3, 0.4) is 0 Å². The molecule has 1 saturated heterocycles. The van der Waals surface area contributed by atoms with E-state index >= 15 is 0 Å². The van der Waals surface area contributed by atoms with Crippen LogP contribution < -0.4 is 5.32 Å². The Labute approximate surface area is 162 Å². The molecule has 0 atom stereocenters. The molecule has 0 unspecified atom stereocenters. The summed E-state index contributed by atoms with van der Waals surface area (Å²) in [6.07, 6.45) is 1.70. The molecule has 3 aromatic rings. The van der Waals surface area contributed by atoms with Crippen molar-refractivity contribution < 1.29 is 14.7 Å². The lowest BCUT2D eigenvalue weighted by molar-refractivity contribution is 0.0668. The van der Waals surface area contributed by atoms with Gasteiger partial charge in [0, 0.05) is 37.8 Å². The van der Waals surface area contributed by atoms with Crippen molar-refractivity contribution in [3.05, 3.63) is 66.4 Å². The van der Waals surface area contributed by atoms with Gasteiger partial charge in [-0.3, -0.25) is 9.78 Å². The van der Waals surface area contributed by atoms with Gasteiger partial charge in [0.05, 0.1) is 16.8 Å². The number of urea groups is 1. The lowest BCUT2D eigenvalue weighted by Crippen LogP contribution is -2.51. The van der Waals surface area contributed by atoms with E-state index in [9.17, 15) is 14.7 Å². The summed E-state index contributed by atoms with van der Waals surface area (Å²) in [6.45, 7) is 1.66. The van der Waals surface area contributed by atoms with Gasteiger partial charge in [-0.05, 0) is 24.3 Å². The number of piperazine rings is 1. The maximum atomic E-state index is 12.7. The molecular formula is C21H20N4O3. The Kier molecular flexibility index (Phi) is 4.80. The molecule has 1 aliphatic rings. The van der Waals surface area contributed by atoms with E-state index in [2.05, 4.69) is 10.3 Å². The molecule has 1 aromatic heterocycles. The number of hydrogen-bond donors (Lipinski definition) is 2. The Hall–Kier alpha value is -3.61. The van der Waals surface area contributed by atoms with Crippen molar-refractivity contribution in [2.45, 2.75) is 0 Å². The Morgan fingerprint density at radius 2 is 1.61 bits per heavy atom. The molecule has 1 aliphatic heterocycles. The summed E-state index contributed by atoms with van der Waals surface area (Å²) < 4.78 is 0. The van der Waals surface area contributed by atoms with Gasteiger partial charge in [-0.15, -0.1) is 0 Å². The van der Waals surface area contributed by atoms with Crippen LogP contribution in [0.15, 0.2) is 60.8 Å². The number of nitrogens with zero attached hydrogens (tertiary/aromatic N) is 3. The maximum Gasteiger partial charge on any atom is 0.322 e. The Morgan fingerprint density at radius 1 is 0.893 bits per heavy atom. The van der Waals surface area contributed by atoms with Gasteiger partial charge in [-0.25, -0.2) is 4.79 Å². The molecule has 2 aromatic carbocycles. The summed E-state index contributed by atoms with van der Waals surface area (Å²) in [6, 6.07) is 15.7. The van der Waals surface area contributed by atoms with Crippen LogP contribution in [0.25, 0.3) is 10.9 Å². The number of aromatic nitrogens is 1. The summed E-state index contributed by atoms with van der Waals surface area (Å²) >= 11 is 0. The predicted molar refractivity (Wildman–Crippen MR) is 106 cm³/mol. The Morgan fingerprint density at radius 3 is 2.39 bits per heavy atom. The highest BCUT2D eigenvalue weighted by Crippen LogP contribution is 2.22. The smallest absolute Gasteiger partial charge is 0.322 e. The average Bonchev–Trinajstić information content (AvgIpc) is 2.74. The molecular weight excluding hydrogens is 356 g/mol. The topological polar surface area (TPSA) is 85.8 Å². The lowest BCUT2D eigenvalue weighted by Gasteiger charge is -2.34. The second-order valence-corrected chi connectivity index (χ2v) is 6.61. The third-order valence-corrected chi connectivity index (χ3v) is 4.86. The second kappa shape index (κ2) is 7.56. The zero-order valence-corrected chi connectivity index (χ0v) is 15.2. The largest absolute Gasteiger partial charge is 0.507 e. The summed E-state index contributed by atoms with van der Waals surface area (Å²) in [5.74, 6) is -0.257. The van der Waals surface area contributed by atoms with Crippen LogP contribution in [-0.2, 0) is 0 Å². The number of carbonyl (C=O) groups excluding carboxylic acids is 2. The van der Waals surface area contributed by atoms with Crippen LogP contribution >= 0.6 is 0 Å². The Balaban J connectivity index is 1.40. The zero-order valence-electron chi connectivity index (χ0n) is 15.2. The number of hydrogen-bond acceptors (Lipinski definition) is 4. The predicted octanol–water partition coefficient (Wildman–Crippen LogP) is 2.93. The molecule has 2 heterocycles. The van der Waals surface area contributed by atoms with Crippen LogP contribution in [0.4, 0.5) is 10.5 Å². The van der Waals surface area contributed by atoms with Crippen molar-refractivity contribution in [3.63, 3.8) is 0 Å². The van der Waals surface area contributed by atoms with Crippen LogP contribution in [0.1, 0.15) is 10.4 Å². The number of nitrogens with one attached hydrogen (secondary N) is 1. The van der Waals surface area contributed by atoms with Gasteiger partial charge >= 0.3 is 6.03 Å².